The maximum Gasteiger partial charge on any atom is 0.262 e. The maximum atomic E-state index is 12.2. The van der Waals surface area contributed by atoms with Crippen molar-refractivity contribution in [1.29, 1.82) is 0 Å². The lowest BCUT2D eigenvalue weighted by Gasteiger charge is -2.12. The average Bonchev–Trinajstić information content (AvgIpc) is 2.62. The summed E-state index contributed by atoms with van der Waals surface area (Å²) < 4.78 is 32.4. The number of carbonyl (C=O) groups is 1. The van der Waals surface area contributed by atoms with Crippen LogP contribution in [0.25, 0.3) is 0 Å². The van der Waals surface area contributed by atoms with Gasteiger partial charge in [0.1, 0.15) is 5.75 Å². The maximum absolute atomic E-state index is 12.2. The quantitative estimate of drug-likeness (QED) is 0.636. The fourth-order valence-corrected chi connectivity index (χ4v) is 3.86. The smallest absolute Gasteiger partial charge is 0.262 e. The third-order valence-electron chi connectivity index (χ3n) is 3.71. The van der Waals surface area contributed by atoms with Gasteiger partial charge in [-0.1, -0.05) is 43.1 Å². The lowest BCUT2D eigenvalue weighted by atomic mass is 10.2. The summed E-state index contributed by atoms with van der Waals surface area (Å²) in [7, 11) is -3.66. The predicted molar refractivity (Wildman–Crippen MR) is 112 cm³/mol. The molecular formula is C19H22Cl2N2O4S. The van der Waals surface area contributed by atoms with Gasteiger partial charge in [-0.25, -0.2) is 13.1 Å². The molecule has 152 valence electrons. The van der Waals surface area contributed by atoms with Crippen molar-refractivity contribution >= 4 is 44.8 Å². The first kappa shape index (κ1) is 22.5. The number of halogens is 2. The van der Waals surface area contributed by atoms with Crippen LogP contribution in [0.15, 0.2) is 41.3 Å². The SMILES string of the molecule is Cc1ccc(NC(=O)COc2ccc(S(=O)(=O)NCC(C)C)cc2Cl)cc1Cl. The zero-order valence-electron chi connectivity index (χ0n) is 15.8. The number of nitrogens with one attached hydrogen (secondary N) is 2. The van der Waals surface area contributed by atoms with Gasteiger partial charge in [0.25, 0.3) is 5.91 Å². The van der Waals surface area contributed by atoms with Crippen LogP contribution < -0.4 is 14.8 Å². The second-order valence-electron chi connectivity index (χ2n) is 6.64. The molecule has 0 unspecified atom stereocenters. The van der Waals surface area contributed by atoms with E-state index in [0.29, 0.717) is 17.3 Å². The molecule has 0 heterocycles. The zero-order valence-corrected chi connectivity index (χ0v) is 18.1. The van der Waals surface area contributed by atoms with Gasteiger partial charge in [0.2, 0.25) is 10.0 Å². The van der Waals surface area contributed by atoms with Crippen molar-refractivity contribution in [3.8, 4) is 5.75 Å². The highest BCUT2D eigenvalue weighted by Gasteiger charge is 2.17. The molecule has 0 aliphatic carbocycles. The van der Waals surface area contributed by atoms with Crippen LogP contribution in [0.5, 0.6) is 5.75 Å². The minimum Gasteiger partial charge on any atom is -0.482 e. The molecule has 0 radical (unpaired) electrons. The van der Waals surface area contributed by atoms with E-state index < -0.39 is 15.9 Å². The van der Waals surface area contributed by atoms with E-state index in [1.807, 2.05) is 20.8 Å². The number of hydrogen-bond donors (Lipinski definition) is 2. The minimum absolute atomic E-state index is 0.0317. The van der Waals surface area contributed by atoms with Crippen LogP contribution in [0.3, 0.4) is 0 Å². The Kier molecular flexibility index (Phi) is 7.71. The Bertz CT molecular complexity index is 962. The third-order valence-corrected chi connectivity index (χ3v) is 5.83. The molecule has 0 fully saturated rings. The summed E-state index contributed by atoms with van der Waals surface area (Å²) in [5.41, 5.74) is 1.45. The van der Waals surface area contributed by atoms with Crippen molar-refractivity contribution in [3.63, 3.8) is 0 Å². The molecule has 0 spiro atoms. The highest BCUT2D eigenvalue weighted by molar-refractivity contribution is 7.89. The van der Waals surface area contributed by atoms with Crippen LogP contribution in [0.2, 0.25) is 10.0 Å². The van der Waals surface area contributed by atoms with E-state index in [4.69, 9.17) is 27.9 Å². The molecule has 28 heavy (non-hydrogen) atoms. The molecule has 0 aliphatic rings. The molecule has 2 N–H and O–H groups in total. The largest absolute Gasteiger partial charge is 0.482 e. The van der Waals surface area contributed by atoms with Gasteiger partial charge in [-0.3, -0.25) is 4.79 Å². The number of hydrogen-bond acceptors (Lipinski definition) is 4. The summed E-state index contributed by atoms with van der Waals surface area (Å²) in [6, 6.07) is 9.25. The van der Waals surface area contributed by atoms with Crippen molar-refractivity contribution in [2.75, 3.05) is 18.5 Å². The number of rotatable bonds is 8. The van der Waals surface area contributed by atoms with Gasteiger partial charge in [-0.15, -0.1) is 0 Å². The van der Waals surface area contributed by atoms with Crippen LogP contribution >= 0.6 is 23.2 Å². The van der Waals surface area contributed by atoms with Crippen LogP contribution in [-0.2, 0) is 14.8 Å². The number of sulfonamides is 1. The Morgan fingerprint density at radius 1 is 1.11 bits per heavy atom. The lowest BCUT2D eigenvalue weighted by Crippen LogP contribution is -2.27. The molecule has 0 saturated heterocycles. The highest BCUT2D eigenvalue weighted by Crippen LogP contribution is 2.27. The number of anilines is 1. The topological polar surface area (TPSA) is 84.5 Å². The van der Waals surface area contributed by atoms with Crippen molar-refractivity contribution in [1.82, 2.24) is 4.72 Å². The van der Waals surface area contributed by atoms with Crippen LogP contribution in [0.4, 0.5) is 5.69 Å². The molecule has 0 bridgehead atoms. The monoisotopic (exact) mass is 444 g/mol. The molecule has 0 aromatic heterocycles. The molecule has 2 aromatic rings. The van der Waals surface area contributed by atoms with Crippen molar-refractivity contribution < 1.29 is 17.9 Å². The summed E-state index contributed by atoms with van der Waals surface area (Å²) in [4.78, 5) is 12.1. The Hall–Kier alpha value is -1.80. The Morgan fingerprint density at radius 2 is 1.82 bits per heavy atom. The van der Waals surface area contributed by atoms with Crippen molar-refractivity contribution in [2.45, 2.75) is 25.7 Å². The summed E-state index contributed by atoms with van der Waals surface area (Å²) in [6.45, 7) is 5.70. The minimum atomic E-state index is -3.66. The number of benzene rings is 2. The first-order chi connectivity index (χ1) is 13.1. The van der Waals surface area contributed by atoms with Crippen LogP contribution in [-0.4, -0.2) is 27.5 Å². The number of aryl methyl sites for hydroxylation is 1. The van der Waals surface area contributed by atoms with Crippen molar-refractivity contribution in [2.24, 2.45) is 5.92 Å². The van der Waals surface area contributed by atoms with Crippen LogP contribution in [0, 0.1) is 12.8 Å². The summed E-state index contributed by atoms with van der Waals surface area (Å²) in [6.07, 6.45) is 0. The van der Waals surface area contributed by atoms with E-state index in [-0.39, 0.29) is 28.2 Å². The predicted octanol–water partition coefficient (Wildman–Crippen LogP) is 4.25. The van der Waals surface area contributed by atoms with Crippen molar-refractivity contribution in [3.05, 3.63) is 52.0 Å². The number of carbonyl (C=O) groups excluding carboxylic acids is 1. The van der Waals surface area contributed by atoms with E-state index in [2.05, 4.69) is 10.0 Å². The van der Waals surface area contributed by atoms with E-state index in [9.17, 15) is 13.2 Å². The Balaban J connectivity index is 1.99. The van der Waals surface area contributed by atoms with Gasteiger partial charge in [0.15, 0.2) is 6.61 Å². The van der Waals surface area contributed by atoms with Gasteiger partial charge in [-0.2, -0.15) is 0 Å². The van der Waals surface area contributed by atoms with E-state index >= 15 is 0 Å². The fourth-order valence-electron chi connectivity index (χ4n) is 2.14. The first-order valence-electron chi connectivity index (χ1n) is 8.56. The van der Waals surface area contributed by atoms with Gasteiger partial charge in [-0.05, 0) is 48.7 Å². The zero-order chi connectivity index (χ0) is 20.9. The molecule has 0 aliphatic heterocycles. The number of ether oxygens (including phenoxy) is 1. The second-order valence-corrected chi connectivity index (χ2v) is 9.22. The van der Waals surface area contributed by atoms with Gasteiger partial charge >= 0.3 is 0 Å². The molecule has 9 heteroatoms. The average molecular weight is 445 g/mol. The highest BCUT2D eigenvalue weighted by atomic mass is 35.5. The molecular weight excluding hydrogens is 423 g/mol. The van der Waals surface area contributed by atoms with Gasteiger partial charge < -0.3 is 10.1 Å². The normalized spacial score (nSPS) is 11.5. The molecule has 2 aromatic carbocycles. The summed E-state index contributed by atoms with van der Waals surface area (Å²) >= 11 is 12.1. The third kappa shape index (κ3) is 6.38. The summed E-state index contributed by atoms with van der Waals surface area (Å²) in [5, 5.41) is 3.31. The van der Waals surface area contributed by atoms with Gasteiger partial charge in [0, 0.05) is 17.3 Å². The number of amides is 1. The van der Waals surface area contributed by atoms with E-state index in [1.165, 1.54) is 18.2 Å². The standard InChI is InChI=1S/C19H22Cl2N2O4S/c1-12(2)10-22-28(25,26)15-6-7-18(17(21)9-15)27-11-19(24)23-14-5-4-13(3)16(20)8-14/h4-9,12,22H,10-11H2,1-3H3,(H,23,24). The Morgan fingerprint density at radius 3 is 2.43 bits per heavy atom. The molecule has 2 rings (SSSR count). The van der Waals surface area contributed by atoms with Gasteiger partial charge in [0.05, 0.1) is 9.92 Å². The van der Waals surface area contributed by atoms with E-state index in [0.717, 1.165) is 5.56 Å². The van der Waals surface area contributed by atoms with Crippen LogP contribution in [0.1, 0.15) is 19.4 Å². The first-order valence-corrected chi connectivity index (χ1v) is 10.8. The Labute approximate surface area is 175 Å². The molecule has 1 amide bonds. The molecule has 6 nitrogen and oxygen atoms in total. The fraction of sp³-hybridized carbons (Fsp3) is 0.316. The second kappa shape index (κ2) is 9.60. The molecule has 0 atom stereocenters. The summed E-state index contributed by atoms with van der Waals surface area (Å²) in [5.74, 6) is -0.0115. The van der Waals surface area contributed by atoms with E-state index in [1.54, 1.807) is 18.2 Å². The lowest BCUT2D eigenvalue weighted by molar-refractivity contribution is -0.118. The molecule has 0 saturated carbocycles.